The normalized spacial score (nSPS) is 21.5. The molecule has 0 aromatic rings. The zero-order valence-corrected chi connectivity index (χ0v) is 14.3. The predicted molar refractivity (Wildman–Crippen MR) is 88.0 cm³/mol. The largest absolute Gasteiger partial charge is 0.394 e. The smallest absolute Gasteiger partial charge is 0.111 e. The number of hydrogen-bond donors (Lipinski definition) is 12. The second-order valence-electron chi connectivity index (χ2n) is 6.01. The molecular weight excluding hydrogens is 356 g/mol. The lowest BCUT2D eigenvalue weighted by atomic mass is 10.0. The molecule has 0 radical (unpaired) electrons. The first-order chi connectivity index (χ1) is 12.2. The van der Waals surface area contributed by atoms with Gasteiger partial charge in [0.05, 0.1) is 25.4 Å². The van der Waals surface area contributed by atoms with Crippen molar-refractivity contribution in [3.8, 4) is 0 Å². The Labute approximate surface area is 151 Å². The van der Waals surface area contributed by atoms with Crippen molar-refractivity contribution in [3.63, 3.8) is 0 Å². The summed E-state index contributed by atoms with van der Waals surface area (Å²) in [4.78, 5) is 0. The van der Waals surface area contributed by atoms with Crippen LogP contribution in [0.2, 0.25) is 0 Å². The summed E-state index contributed by atoms with van der Waals surface area (Å²) in [5, 5.41) is 98.6. The Morgan fingerprint density at radius 2 is 0.731 bits per heavy atom. The van der Waals surface area contributed by atoms with E-state index >= 15 is 0 Å². The van der Waals surface area contributed by atoms with Crippen molar-refractivity contribution in [2.75, 3.05) is 39.4 Å². The molecule has 8 unspecified atom stereocenters. The lowest BCUT2D eigenvalue weighted by molar-refractivity contribution is -0.114. The first-order valence-corrected chi connectivity index (χ1v) is 8.25. The Morgan fingerprint density at radius 1 is 0.462 bits per heavy atom. The minimum absolute atomic E-state index is 0.120. The van der Waals surface area contributed by atoms with Crippen LogP contribution >= 0.6 is 0 Å². The van der Waals surface area contributed by atoms with E-state index in [1.54, 1.807) is 0 Å². The van der Waals surface area contributed by atoms with Crippen LogP contribution in [-0.4, -0.2) is 139 Å². The maximum absolute atomic E-state index is 9.66. The van der Waals surface area contributed by atoms with Crippen LogP contribution in [0.5, 0.6) is 0 Å². The number of aliphatic hydroxyl groups excluding tert-OH is 10. The van der Waals surface area contributed by atoms with E-state index in [2.05, 4.69) is 10.6 Å². The van der Waals surface area contributed by atoms with Crippen molar-refractivity contribution in [3.05, 3.63) is 0 Å². The maximum Gasteiger partial charge on any atom is 0.111 e. The van der Waals surface area contributed by atoms with E-state index < -0.39 is 62.0 Å². The first-order valence-electron chi connectivity index (χ1n) is 8.25. The minimum atomic E-state index is -1.70. The van der Waals surface area contributed by atoms with Crippen LogP contribution in [-0.2, 0) is 0 Å². The second kappa shape index (κ2) is 13.7. The Bertz CT molecular complexity index is 322. The molecule has 12 N–H and O–H groups in total. The Morgan fingerprint density at radius 3 is 1.00 bits per heavy atom. The van der Waals surface area contributed by atoms with Crippen LogP contribution in [0.3, 0.4) is 0 Å². The summed E-state index contributed by atoms with van der Waals surface area (Å²) < 4.78 is 0. The van der Waals surface area contributed by atoms with E-state index in [0.717, 1.165) is 0 Å². The highest BCUT2D eigenvalue weighted by Gasteiger charge is 2.30. The van der Waals surface area contributed by atoms with Crippen LogP contribution in [0.1, 0.15) is 0 Å². The van der Waals surface area contributed by atoms with Crippen molar-refractivity contribution >= 4 is 0 Å². The molecule has 0 fully saturated rings. The van der Waals surface area contributed by atoms with Crippen molar-refractivity contribution < 1.29 is 51.1 Å². The molecule has 0 heterocycles. The van der Waals surface area contributed by atoms with Gasteiger partial charge in [-0.05, 0) is 0 Å². The molecule has 0 saturated carbocycles. The third-order valence-corrected chi connectivity index (χ3v) is 3.84. The average Bonchev–Trinajstić information content (AvgIpc) is 2.66. The molecule has 0 aliphatic carbocycles. The van der Waals surface area contributed by atoms with E-state index in [1.807, 2.05) is 0 Å². The quantitative estimate of drug-likeness (QED) is 0.117. The molecule has 26 heavy (non-hydrogen) atoms. The zero-order chi connectivity index (χ0) is 20.3. The maximum atomic E-state index is 9.66. The summed E-state index contributed by atoms with van der Waals surface area (Å²) in [5.41, 5.74) is 0. The Hall–Kier alpha value is -0.480. The molecule has 0 rings (SSSR count). The molecule has 12 nitrogen and oxygen atoms in total. The van der Waals surface area contributed by atoms with Gasteiger partial charge in [0, 0.05) is 26.2 Å². The monoisotopic (exact) mass is 388 g/mol. The lowest BCUT2D eigenvalue weighted by Crippen LogP contribution is -2.50. The third-order valence-electron chi connectivity index (χ3n) is 3.84. The van der Waals surface area contributed by atoms with Crippen molar-refractivity contribution in [2.45, 2.75) is 48.8 Å². The van der Waals surface area contributed by atoms with Crippen molar-refractivity contribution in [1.82, 2.24) is 10.6 Å². The van der Waals surface area contributed by atoms with Gasteiger partial charge in [0.1, 0.15) is 36.6 Å². The van der Waals surface area contributed by atoms with E-state index in [-0.39, 0.29) is 26.2 Å². The van der Waals surface area contributed by atoms with Gasteiger partial charge in [0.25, 0.3) is 0 Å². The minimum Gasteiger partial charge on any atom is -0.394 e. The van der Waals surface area contributed by atoms with Gasteiger partial charge < -0.3 is 61.7 Å². The number of hydrogen-bond acceptors (Lipinski definition) is 12. The highest BCUT2D eigenvalue weighted by atomic mass is 16.4. The molecule has 0 aromatic carbocycles. The van der Waals surface area contributed by atoms with Gasteiger partial charge in [-0.2, -0.15) is 0 Å². The molecule has 0 aliphatic heterocycles. The Kier molecular flexibility index (Phi) is 13.4. The summed E-state index contributed by atoms with van der Waals surface area (Å²) in [5.74, 6) is 0. The van der Waals surface area contributed by atoms with Crippen molar-refractivity contribution in [2.24, 2.45) is 0 Å². The van der Waals surface area contributed by atoms with E-state index in [9.17, 15) is 40.9 Å². The van der Waals surface area contributed by atoms with Gasteiger partial charge in [0.15, 0.2) is 0 Å². The van der Waals surface area contributed by atoms with Crippen LogP contribution in [0, 0.1) is 0 Å². The molecule has 158 valence electrons. The average molecular weight is 388 g/mol. The standard InChI is InChI=1S/C14H32N2O10/c17-5-9(21)13(25)11(23)7(19)3-15-1-2-16-4-8(20)12(24)14(26)10(22)6-18/h7-26H,1-6H2. The lowest BCUT2D eigenvalue weighted by Gasteiger charge is -2.26. The third kappa shape index (κ3) is 8.94. The van der Waals surface area contributed by atoms with Crippen LogP contribution in [0.4, 0.5) is 0 Å². The first kappa shape index (κ1) is 25.5. The molecular formula is C14H32N2O10. The summed E-state index contributed by atoms with van der Waals surface area (Å²) in [6, 6.07) is 0. The molecule has 0 spiro atoms. The van der Waals surface area contributed by atoms with E-state index in [0.29, 0.717) is 0 Å². The van der Waals surface area contributed by atoms with Gasteiger partial charge in [-0.25, -0.2) is 0 Å². The van der Waals surface area contributed by atoms with Crippen LogP contribution in [0.15, 0.2) is 0 Å². The highest BCUT2D eigenvalue weighted by molar-refractivity contribution is 4.83. The number of aliphatic hydroxyl groups is 10. The van der Waals surface area contributed by atoms with Gasteiger partial charge in [-0.3, -0.25) is 0 Å². The van der Waals surface area contributed by atoms with Crippen molar-refractivity contribution in [1.29, 1.82) is 0 Å². The van der Waals surface area contributed by atoms with Crippen LogP contribution < -0.4 is 10.6 Å². The summed E-state index contributed by atoms with van der Waals surface area (Å²) in [6.07, 6.45) is -12.7. The van der Waals surface area contributed by atoms with Gasteiger partial charge in [-0.1, -0.05) is 0 Å². The zero-order valence-electron chi connectivity index (χ0n) is 14.3. The van der Waals surface area contributed by atoms with Gasteiger partial charge in [0.2, 0.25) is 0 Å². The summed E-state index contributed by atoms with van der Waals surface area (Å²) >= 11 is 0. The topological polar surface area (TPSA) is 226 Å². The fraction of sp³-hybridized carbons (Fsp3) is 1.00. The van der Waals surface area contributed by atoms with Gasteiger partial charge in [-0.15, -0.1) is 0 Å². The Balaban J connectivity index is 3.93. The summed E-state index contributed by atoms with van der Waals surface area (Å²) in [6.45, 7) is -1.23. The van der Waals surface area contributed by atoms with Crippen LogP contribution in [0.25, 0.3) is 0 Å². The number of nitrogens with one attached hydrogen (secondary N) is 2. The SMILES string of the molecule is OCC(O)C(O)C(O)C(O)CNCCNCC(O)C(O)C(O)C(O)CO. The second-order valence-corrected chi connectivity index (χ2v) is 6.01. The molecule has 0 aromatic heterocycles. The molecule has 0 aliphatic rings. The van der Waals surface area contributed by atoms with E-state index in [4.69, 9.17) is 10.2 Å². The van der Waals surface area contributed by atoms with E-state index in [1.165, 1.54) is 0 Å². The molecule has 8 atom stereocenters. The molecule has 12 heteroatoms. The highest BCUT2D eigenvalue weighted by Crippen LogP contribution is 2.05. The summed E-state index contributed by atoms with van der Waals surface area (Å²) in [7, 11) is 0. The molecule has 0 amide bonds. The van der Waals surface area contributed by atoms with Gasteiger partial charge >= 0.3 is 0 Å². The number of rotatable bonds is 15. The molecule has 0 saturated heterocycles. The molecule has 0 bridgehead atoms. The fourth-order valence-electron chi connectivity index (χ4n) is 2.04. The fourth-order valence-corrected chi connectivity index (χ4v) is 2.04. The predicted octanol–water partition coefficient (Wildman–Crippen LogP) is -6.96.